The molecular formula is C7H15NO3S. The molecule has 0 bridgehead atoms. The van der Waals surface area contributed by atoms with E-state index in [0.29, 0.717) is 0 Å². The summed E-state index contributed by atoms with van der Waals surface area (Å²) in [7, 11) is -3.25. The fourth-order valence-corrected chi connectivity index (χ4v) is 2.09. The molecule has 0 aliphatic rings. The van der Waals surface area contributed by atoms with Gasteiger partial charge in [-0.2, -0.15) is 0 Å². The van der Waals surface area contributed by atoms with E-state index in [9.17, 15) is 13.2 Å². The molecule has 0 radical (unpaired) electrons. The van der Waals surface area contributed by atoms with Crippen LogP contribution in [-0.4, -0.2) is 26.0 Å². The number of carbonyl (C=O) groups is 1. The predicted molar refractivity (Wildman–Crippen MR) is 47.4 cm³/mol. The molecule has 0 heterocycles. The van der Waals surface area contributed by atoms with Crippen LogP contribution in [0.1, 0.15) is 27.2 Å². The smallest absolute Gasteiger partial charge is 0.212 e. The van der Waals surface area contributed by atoms with Crippen LogP contribution < -0.4 is 4.72 Å². The maximum absolute atomic E-state index is 11.1. The number of rotatable bonds is 5. The zero-order valence-corrected chi connectivity index (χ0v) is 8.44. The molecule has 0 aliphatic heterocycles. The van der Waals surface area contributed by atoms with Gasteiger partial charge in [0.15, 0.2) is 0 Å². The van der Waals surface area contributed by atoms with E-state index < -0.39 is 10.0 Å². The Balaban J connectivity index is 3.98. The molecule has 0 saturated carbocycles. The second-order valence-electron chi connectivity index (χ2n) is 3.04. The second-order valence-corrected chi connectivity index (χ2v) is 4.92. The van der Waals surface area contributed by atoms with E-state index in [2.05, 4.69) is 4.72 Å². The van der Waals surface area contributed by atoms with Crippen LogP contribution in [0.5, 0.6) is 0 Å². The van der Waals surface area contributed by atoms with Crippen molar-refractivity contribution in [3.8, 4) is 0 Å². The third-order valence-electron chi connectivity index (χ3n) is 1.14. The molecular weight excluding hydrogens is 178 g/mol. The zero-order valence-electron chi connectivity index (χ0n) is 7.62. The van der Waals surface area contributed by atoms with Gasteiger partial charge in [0.2, 0.25) is 10.0 Å². The van der Waals surface area contributed by atoms with Crippen molar-refractivity contribution in [2.24, 2.45) is 0 Å². The van der Waals surface area contributed by atoms with Crippen LogP contribution in [0.2, 0.25) is 0 Å². The maximum Gasteiger partial charge on any atom is 0.212 e. The molecule has 72 valence electrons. The summed E-state index contributed by atoms with van der Waals surface area (Å²) in [6, 6.07) is -0.109. The monoisotopic (exact) mass is 193 g/mol. The summed E-state index contributed by atoms with van der Waals surface area (Å²) >= 11 is 0. The van der Waals surface area contributed by atoms with Crippen molar-refractivity contribution in [3.63, 3.8) is 0 Å². The minimum absolute atomic E-state index is 0.0854. The molecule has 0 aromatic carbocycles. The van der Waals surface area contributed by atoms with Crippen molar-refractivity contribution in [2.75, 3.05) is 5.75 Å². The summed E-state index contributed by atoms with van der Waals surface area (Å²) in [6.45, 7) is 4.86. The first-order chi connectivity index (χ1) is 5.33. The third-order valence-corrected chi connectivity index (χ3v) is 2.71. The second kappa shape index (κ2) is 4.57. The van der Waals surface area contributed by atoms with Gasteiger partial charge in [0, 0.05) is 12.5 Å². The summed E-state index contributed by atoms with van der Waals surface area (Å²) in [4.78, 5) is 10.5. The van der Waals surface area contributed by atoms with E-state index in [4.69, 9.17) is 0 Å². The average Bonchev–Trinajstić information content (AvgIpc) is 1.81. The van der Waals surface area contributed by atoms with E-state index in [0.717, 1.165) is 0 Å². The maximum atomic E-state index is 11.1. The number of nitrogens with one attached hydrogen (secondary N) is 1. The van der Waals surface area contributed by atoms with Gasteiger partial charge >= 0.3 is 0 Å². The average molecular weight is 193 g/mol. The highest BCUT2D eigenvalue weighted by Crippen LogP contribution is 1.92. The van der Waals surface area contributed by atoms with Gasteiger partial charge in [0.05, 0.1) is 5.75 Å². The highest BCUT2D eigenvalue weighted by molar-refractivity contribution is 7.89. The molecule has 0 atom stereocenters. The van der Waals surface area contributed by atoms with Crippen molar-refractivity contribution in [1.82, 2.24) is 4.72 Å². The number of sulfonamides is 1. The quantitative estimate of drug-likeness (QED) is 0.682. The van der Waals surface area contributed by atoms with Crippen molar-refractivity contribution in [1.29, 1.82) is 0 Å². The Morgan fingerprint density at radius 1 is 1.42 bits per heavy atom. The normalized spacial score (nSPS) is 12.0. The molecule has 0 saturated heterocycles. The summed E-state index contributed by atoms with van der Waals surface area (Å²) in [6.07, 6.45) is 0.0854. The van der Waals surface area contributed by atoms with Gasteiger partial charge in [0.1, 0.15) is 5.78 Å². The van der Waals surface area contributed by atoms with E-state index in [1.807, 2.05) is 0 Å². The van der Waals surface area contributed by atoms with Gasteiger partial charge in [-0.05, 0) is 20.8 Å². The van der Waals surface area contributed by atoms with Gasteiger partial charge in [-0.1, -0.05) is 0 Å². The van der Waals surface area contributed by atoms with Crippen LogP contribution in [0.4, 0.5) is 0 Å². The summed E-state index contributed by atoms with van der Waals surface area (Å²) < 4.78 is 24.6. The Kier molecular flexibility index (Phi) is 4.41. The first kappa shape index (κ1) is 11.6. The van der Waals surface area contributed by atoms with Crippen LogP contribution in [0.15, 0.2) is 0 Å². The number of hydrogen-bond acceptors (Lipinski definition) is 3. The molecule has 0 spiro atoms. The fraction of sp³-hybridized carbons (Fsp3) is 0.857. The SMILES string of the molecule is CC(=O)CCS(=O)(=O)NC(C)C. The number of Topliss-reactive ketones (excluding diaryl/α,β-unsaturated/α-hetero) is 1. The van der Waals surface area contributed by atoms with Gasteiger partial charge < -0.3 is 0 Å². The molecule has 0 rings (SSSR count). The van der Waals surface area contributed by atoms with Crippen LogP contribution in [0.25, 0.3) is 0 Å². The zero-order chi connectivity index (χ0) is 9.78. The summed E-state index contributed by atoms with van der Waals surface area (Å²) in [5, 5.41) is 0. The van der Waals surface area contributed by atoms with Crippen molar-refractivity contribution >= 4 is 15.8 Å². The lowest BCUT2D eigenvalue weighted by molar-refractivity contribution is -0.116. The highest BCUT2D eigenvalue weighted by atomic mass is 32.2. The standard InChI is InChI=1S/C7H15NO3S/c1-6(2)8-12(10,11)5-4-7(3)9/h6,8H,4-5H2,1-3H3. The van der Waals surface area contributed by atoms with Crippen LogP contribution in [0.3, 0.4) is 0 Å². The molecule has 12 heavy (non-hydrogen) atoms. The lowest BCUT2D eigenvalue weighted by atomic mass is 10.4. The van der Waals surface area contributed by atoms with Crippen molar-refractivity contribution in [2.45, 2.75) is 33.2 Å². The Morgan fingerprint density at radius 2 is 1.92 bits per heavy atom. The topological polar surface area (TPSA) is 63.2 Å². The lowest BCUT2D eigenvalue weighted by Gasteiger charge is -2.07. The van der Waals surface area contributed by atoms with E-state index >= 15 is 0 Å². The van der Waals surface area contributed by atoms with Gasteiger partial charge in [0.25, 0.3) is 0 Å². The molecule has 4 nitrogen and oxygen atoms in total. The van der Waals surface area contributed by atoms with Crippen LogP contribution in [-0.2, 0) is 14.8 Å². The fourth-order valence-electron chi connectivity index (χ4n) is 0.696. The molecule has 5 heteroatoms. The lowest BCUT2D eigenvalue weighted by Crippen LogP contribution is -2.32. The van der Waals surface area contributed by atoms with Crippen molar-refractivity contribution in [3.05, 3.63) is 0 Å². The molecule has 0 aromatic heterocycles. The largest absolute Gasteiger partial charge is 0.300 e. The Bertz CT molecular complexity index is 243. The molecule has 0 amide bonds. The Labute approximate surface area is 73.4 Å². The minimum atomic E-state index is -3.25. The predicted octanol–water partition coefficient (Wildman–Crippen LogP) is 0.293. The van der Waals surface area contributed by atoms with E-state index in [1.54, 1.807) is 13.8 Å². The highest BCUT2D eigenvalue weighted by Gasteiger charge is 2.11. The summed E-state index contributed by atoms with van der Waals surface area (Å²) in [5.74, 6) is -0.218. The number of carbonyl (C=O) groups excluding carboxylic acids is 1. The van der Waals surface area contributed by atoms with Gasteiger partial charge in [-0.3, -0.25) is 4.79 Å². The van der Waals surface area contributed by atoms with E-state index in [-0.39, 0.29) is 24.0 Å². The molecule has 0 aliphatic carbocycles. The van der Waals surface area contributed by atoms with Crippen LogP contribution >= 0.6 is 0 Å². The molecule has 0 unspecified atom stereocenters. The van der Waals surface area contributed by atoms with Gasteiger partial charge in [-0.15, -0.1) is 0 Å². The Morgan fingerprint density at radius 3 is 2.25 bits per heavy atom. The Hall–Kier alpha value is -0.420. The molecule has 1 N–H and O–H groups in total. The summed E-state index contributed by atoms with van der Waals surface area (Å²) in [5.41, 5.74) is 0. The van der Waals surface area contributed by atoms with Crippen LogP contribution in [0, 0.1) is 0 Å². The minimum Gasteiger partial charge on any atom is -0.300 e. The van der Waals surface area contributed by atoms with Gasteiger partial charge in [-0.25, -0.2) is 13.1 Å². The first-order valence-corrected chi connectivity index (χ1v) is 5.48. The third kappa shape index (κ3) is 6.30. The number of hydrogen-bond donors (Lipinski definition) is 1. The van der Waals surface area contributed by atoms with Crippen molar-refractivity contribution < 1.29 is 13.2 Å². The number of ketones is 1. The first-order valence-electron chi connectivity index (χ1n) is 3.83. The van der Waals surface area contributed by atoms with E-state index in [1.165, 1.54) is 6.92 Å². The molecule has 0 aromatic rings. The molecule has 0 fully saturated rings.